The number of nitrogens with one attached hydrogen (secondary N) is 1. The zero-order valence-corrected chi connectivity index (χ0v) is 12.6. The normalized spacial score (nSPS) is 10.3. The second-order valence-corrected chi connectivity index (χ2v) is 5.15. The standard InChI is InChI=1S/C14H15BrN2O2/c1-9-4-5-10(2)17(9)16-14(18)12-7-6-11(15)8-13(12)19-3/h4-8H,1-3H3,(H,16,18). The maximum atomic E-state index is 12.3. The van der Waals surface area contributed by atoms with Crippen molar-refractivity contribution in [3.63, 3.8) is 0 Å². The molecule has 0 aliphatic heterocycles. The third-order valence-electron chi connectivity index (χ3n) is 2.89. The highest BCUT2D eigenvalue weighted by molar-refractivity contribution is 9.10. The molecule has 0 saturated carbocycles. The van der Waals surface area contributed by atoms with Crippen LogP contribution >= 0.6 is 15.9 Å². The molecule has 0 unspecified atom stereocenters. The number of aryl methyl sites for hydroxylation is 2. The van der Waals surface area contributed by atoms with Crippen LogP contribution in [-0.4, -0.2) is 17.7 Å². The van der Waals surface area contributed by atoms with Gasteiger partial charge in [-0.15, -0.1) is 0 Å². The van der Waals surface area contributed by atoms with Gasteiger partial charge in [0.1, 0.15) is 5.75 Å². The van der Waals surface area contributed by atoms with Crippen LogP contribution < -0.4 is 10.2 Å². The number of carbonyl (C=O) groups excluding carboxylic acids is 1. The third-order valence-corrected chi connectivity index (χ3v) is 3.39. The van der Waals surface area contributed by atoms with E-state index in [1.807, 2.05) is 32.0 Å². The Bertz CT molecular complexity index is 600. The fourth-order valence-electron chi connectivity index (χ4n) is 1.86. The number of hydrogen-bond donors (Lipinski definition) is 1. The molecule has 100 valence electrons. The van der Waals surface area contributed by atoms with E-state index in [-0.39, 0.29) is 5.91 Å². The first kappa shape index (κ1) is 13.7. The molecule has 5 heteroatoms. The Morgan fingerprint density at radius 3 is 2.42 bits per heavy atom. The minimum absolute atomic E-state index is 0.202. The van der Waals surface area contributed by atoms with Gasteiger partial charge in [-0.1, -0.05) is 15.9 Å². The van der Waals surface area contributed by atoms with E-state index in [0.717, 1.165) is 15.9 Å². The number of benzene rings is 1. The lowest BCUT2D eigenvalue weighted by Gasteiger charge is -2.13. The lowest BCUT2D eigenvalue weighted by Crippen LogP contribution is -2.25. The van der Waals surface area contributed by atoms with E-state index >= 15 is 0 Å². The zero-order valence-electron chi connectivity index (χ0n) is 11.0. The molecule has 1 aromatic carbocycles. The van der Waals surface area contributed by atoms with Gasteiger partial charge in [0.05, 0.1) is 12.7 Å². The van der Waals surface area contributed by atoms with E-state index in [4.69, 9.17) is 4.74 Å². The number of rotatable bonds is 3. The first-order chi connectivity index (χ1) is 9.02. The summed E-state index contributed by atoms with van der Waals surface area (Å²) in [4.78, 5) is 12.3. The highest BCUT2D eigenvalue weighted by atomic mass is 79.9. The quantitative estimate of drug-likeness (QED) is 0.942. The summed E-state index contributed by atoms with van der Waals surface area (Å²) in [7, 11) is 1.55. The lowest BCUT2D eigenvalue weighted by atomic mass is 10.2. The smallest absolute Gasteiger partial charge is 0.273 e. The van der Waals surface area contributed by atoms with Gasteiger partial charge in [-0.3, -0.25) is 14.9 Å². The van der Waals surface area contributed by atoms with Crippen molar-refractivity contribution < 1.29 is 9.53 Å². The molecule has 0 radical (unpaired) electrons. The predicted octanol–water partition coefficient (Wildman–Crippen LogP) is 3.26. The van der Waals surface area contributed by atoms with Crippen LogP contribution in [0.1, 0.15) is 21.7 Å². The first-order valence-corrected chi connectivity index (χ1v) is 6.62. The van der Waals surface area contributed by atoms with E-state index < -0.39 is 0 Å². The van der Waals surface area contributed by atoms with Gasteiger partial charge in [-0.2, -0.15) is 0 Å². The van der Waals surface area contributed by atoms with Crippen LogP contribution in [0.3, 0.4) is 0 Å². The van der Waals surface area contributed by atoms with Crippen LogP contribution in [0.2, 0.25) is 0 Å². The summed E-state index contributed by atoms with van der Waals surface area (Å²) < 4.78 is 7.85. The fraction of sp³-hybridized carbons (Fsp3) is 0.214. The van der Waals surface area contributed by atoms with Crippen LogP contribution in [0, 0.1) is 13.8 Å². The largest absolute Gasteiger partial charge is 0.496 e. The number of nitrogens with zero attached hydrogens (tertiary/aromatic N) is 1. The van der Waals surface area contributed by atoms with Crippen LogP contribution in [0.5, 0.6) is 5.75 Å². The van der Waals surface area contributed by atoms with Crippen molar-refractivity contribution in [2.24, 2.45) is 0 Å². The SMILES string of the molecule is COc1cc(Br)ccc1C(=O)Nn1c(C)ccc1C. The number of carbonyl (C=O) groups is 1. The molecular formula is C14H15BrN2O2. The molecule has 1 amide bonds. The molecule has 0 saturated heterocycles. The number of halogens is 1. The topological polar surface area (TPSA) is 43.3 Å². The van der Waals surface area contributed by atoms with Gasteiger partial charge in [0.2, 0.25) is 0 Å². The Morgan fingerprint density at radius 2 is 1.84 bits per heavy atom. The summed E-state index contributed by atoms with van der Waals surface area (Å²) in [5.41, 5.74) is 5.30. The van der Waals surface area contributed by atoms with Gasteiger partial charge in [0, 0.05) is 15.9 Å². The monoisotopic (exact) mass is 322 g/mol. The Morgan fingerprint density at radius 1 is 1.21 bits per heavy atom. The number of ether oxygens (including phenoxy) is 1. The average Bonchev–Trinajstić information content (AvgIpc) is 2.70. The van der Waals surface area contributed by atoms with E-state index in [9.17, 15) is 4.79 Å². The summed E-state index contributed by atoms with van der Waals surface area (Å²) >= 11 is 3.35. The third kappa shape index (κ3) is 2.81. The average molecular weight is 323 g/mol. The van der Waals surface area contributed by atoms with E-state index in [2.05, 4.69) is 21.4 Å². The van der Waals surface area contributed by atoms with Crippen molar-refractivity contribution in [1.29, 1.82) is 0 Å². The number of aromatic nitrogens is 1. The Kier molecular flexibility index (Phi) is 3.95. The lowest BCUT2D eigenvalue weighted by molar-refractivity contribution is 0.100. The van der Waals surface area contributed by atoms with Crippen molar-refractivity contribution in [3.8, 4) is 5.75 Å². The van der Waals surface area contributed by atoms with Crippen LogP contribution in [0.4, 0.5) is 0 Å². The Balaban J connectivity index is 2.30. The van der Waals surface area contributed by atoms with E-state index in [1.165, 1.54) is 0 Å². The Labute approximate surface area is 120 Å². The maximum absolute atomic E-state index is 12.3. The second-order valence-electron chi connectivity index (χ2n) is 4.24. The van der Waals surface area contributed by atoms with Gasteiger partial charge >= 0.3 is 0 Å². The molecule has 1 N–H and O–H groups in total. The van der Waals surface area contributed by atoms with Crippen molar-refractivity contribution in [2.75, 3.05) is 12.5 Å². The molecule has 19 heavy (non-hydrogen) atoms. The van der Waals surface area contributed by atoms with Gasteiger partial charge in [-0.05, 0) is 44.2 Å². The van der Waals surface area contributed by atoms with Crippen molar-refractivity contribution >= 4 is 21.8 Å². The van der Waals surface area contributed by atoms with Gasteiger partial charge in [-0.25, -0.2) is 0 Å². The molecule has 4 nitrogen and oxygen atoms in total. The van der Waals surface area contributed by atoms with Gasteiger partial charge in [0.25, 0.3) is 5.91 Å². The highest BCUT2D eigenvalue weighted by Crippen LogP contribution is 2.23. The number of amides is 1. The van der Waals surface area contributed by atoms with Crippen LogP contribution in [0.15, 0.2) is 34.8 Å². The molecular weight excluding hydrogens is 308 g/mol. The van der Waals surface area contributed by atoms with Crippen molar-refractivity contribution in [3.05, 3.63) is 51.8 Å². The number of hydrogen-bond acceptors (Lipinski definition) is 2. The molecule has 1 aromatic heterocycles. The Hall–Kier alpha value is -1.75. The molecule has 0 bridgehead atoms. The minimum Gasteiger partial charge on any atom is -0.496 e. The molecule has 0 fully saturated rings. The van der Waals surface area contributed by atoms with Crippen molar-refractivity contribution in [1.82, 2.24) is 4.68 Å². The van der Waals surface area contributed by atoms with Crippen LogP contribution in [0.25, 0.3) is 0 Å². The van der Waals surface area contributed by atoms with Crippen molar-refractivity contribution in [2.45, 2.75) is 13.8 Å². The first-order valence-electron chi connectivity index (χ1n) is 5.83. The number of methoxy groups -OCH3 is 1. The van der Waals surface area contributed by atoms with Gasteiger partial charge < -0.3 is 4.74 Å². The van der Waals surface area contributed by atoms with E-state index in [0.29, 0.717) is 11.3 Å². The molecule has 2 aromatic rings. The highest BCUT2D eigenvalue weighted by Gasteiger charge is 2.14. The minimum atomic E-state index is -0.202. The van der Waals surface area contributed by atoms with E-state index in [1.54, 1.807) is 23.9 Å². The van der Waals surface area contributed by atoms with Crippen LogP contribution in [-0.2, 0) is 0 Å². The molecule has 0 spiro atoms. The molecule has 0 atom stereocenters. The molecule has 2 rings (SSSR count). The molecule has 0 aliphatic rings. The maximum Gasteiger partial charge on any atom is 0.273 e. The van der Waals surface area contributed by atoms with Gasteiger partial charge in [0.15, 0.2) is 0 Å². The zero-order chi connectivity index (χ0) is 14.0. The summed E-state index contributed by atoms with van der Waals surface area (Å²) in [5, 5.41) is 0. The summed E-state index contributed by atoms with van der Waals surface area (Å²) in [6.07, 6.45) is 0. The summed E-state index contributed by atoms with van der Waals surface area (Å²) in [6, 6.07) is 9.21. The summed E-state index contributed by atoms with van der Waals surface area (Å²) in [6.45, 7) is 3.87. The molecule has 1 heterocycles. The predicted molar refractivity (Wildman–Crippen MR) is 78.3 cm³/mol. The second kappa shape index (κ2) is 5.48. The fourth-order valence-corrected chi connectivity index (χ4v) is 2.20. The summed E-state index contributed by atoms with van der Waals surface area (Å²) in [5.74, 6) is 0.334. The molecule has 0 aliphatic carbocycles.